The van der Waals surface area contributed by atoms with Crippen LogP contribution in [0.1, 0.15) is 37.2 Å². The molecule has 0 bridgehead atoms. The Hall–Kier alpha value is -2.82. The van der Waals surface area contributed by atoms with Crippen molar-refractivity contribution < 1.29 is 22.1 Å². The molecule has 0 atom stereocenters. The zero-order valence-electron chi connectivity index (χ0n) is 13.9. The van der Waals surface area contributed by atoms with E-state index in [0.29, 0.717) is 17.5 Å². The van der Waals surface area contributed by atoms with Gasteiger partial charge in [-0.25, -0.2) is 9.07 Å². The van der Waals surface area contributed by atoms with Crippen LogP contribution in [0.25, 0.3) is 17.3 Å². The Kier molecular flexibility index (Phi) is 3.98. The molecular weight excluding hydrogens is 368 g/mol. The number of aromatic nitrogens is 5. The first-order valence-electron chi connectivity index (χ1n) is 8.20. The van der Waals surface area contributed by atoms with Gasteiger partial charge in [-0.1, -0.05) is 29.3 Å². The molecule has 2 aromatic heterocycles. The lowest BCUT2D eigenvalue weighted by molar-refractivity contribution is -0.142. The SMILES string of the molecule is NC1(c2noc(-c3nnn(-c4cccc(F)c4)c3C(F)(F)F)n2)CCCC1. The predicted molar refractivity (Wildman–Crippen MR) is 83.9 cm³/mol. The van der Waals surface area contributed by atoms with Gasteiger partial charge >= 0.3 is 6.18 Å². The largest absolute Gasteiger partial charge is 0.435 e. The van der Waals surface area contributed by atoms with Gasteiger partial charge in [-0.2, -0.15) is 18.2 Å². The molecule has 2 N–H and O–H groups in total. The third-order valence-corrected chi connectivity index (χ3v) is 4.56. The number of halogens is 4. The summed E-state index contributed by atoms with van der Waals surface area (Å²) in [5, 5.41) is 10.8. The van der Waals surface area contributed by atoms with E-state index in [2.05, 4.69) is 20.5 Å². The van der Waals surface area contributed by atoms with E-state index < -0.39 is 34.8 Å². The highest BCUT2D eigenvalue weighted by atomic mass is 19.4. The normalized spacial score (nSPS) is 16.8. The van der Waals surface area contributed by atoms with Crippen molar-refractivity contribution in [2.45, 2.75) is 37.4 Å². The van der Waals surface area contributed by atoms with Crippen LogP contribution in [0.15, 0.2) is 28.8 Å². The van der Waals surface area contributed by atoms with Crippen LogP contribution in [0.4, 0.5) is 17.6 Å². The third-order valence-electron chi connectivity index (χ3n) is 4.56. The third kappa shape index (κ3) is 3.07. The highest BCUT2D eigenvalue weighted by Gasteiger charge is 2.43. The molecule has 142 valence electrons. The molecule has 0 radical (unpaired) electrons. The summed E-state index contributed by atoms with van der Waals surface area (Å²) >= 11 is 0. The Morgan fingerprint density at radius 3 is 2.59 bits per heavy atom. The summed E-state index contributed by atoms with van der Waals surface area (Å²) in [4.78, 5) is 4.04. The molecule has 1 fully saturated rings. The van der Waals surface area contributed by atoms with Gasteiger partial charge in [0.25, 0.3) is 5.89 Å². The van der Waals surface area contributed by atoms with Crippen LogP contribution in [0.2, 0.25) is 0 Å². The van der Waals surface area contributed by atoms with E-state index in [1.54, 1.807) is 0 Å². The average Bonchev–Trinajstić information content (AvgIpc) is 3.33. The van der Waals surface area contributed by atoms with Crippen LogP contribution in [-0.2, 0) is 11.7 Å². The number of nitrogens with two attached hydrogens (primary N) is 1. The molecule has 11 heteroatoms. The van der Waals surface area contributed by atoms with Gasteiger partial charge in [0.2, 0.25) is 0 Å². The van der Waals surface area contributed by atoms with Gasteiger partial charge in [-0.3, -0.25) is 0 Å². The molecule has 0 spiro atoms. The van der Waals surface area contributed by atoms with Crippen LogP contribution in [0.5, 0.6) is 0 Å². The minimum atomic E-state index is -4.84. The van der Waals surface area contributed by atoms with Crippen molar-refractivity contribution >= 4 is 0 Å². The van der Waals surface area contributed by atoms with Crippen molar-refractivity contribution in [1.82, 2.24) is 25.1 Å². The molecule has 4 rings (SSSR count). The molecule has 7 nitrogen and oxygen atoms in total. The number of alkyl halides is 3. The molecule has 3 aromatic rings. The lowest BCUT2D eigenvalue weighted by atomic mass is 9.99. The Morgan fingerprint density at radius 2 is 1.93 bits per heavy atom. The number of hydrogen-bond donors (Lipinski definition) is 1. The van der Waals surface area contributed by atoms with Crippen LogP contribution in [-0.4, -0.2) is 25.1 Å². The molecule has 0 aliphatic heterocycles. The van der Waals surface area contributed by atoms with Crippen molar-refractivity contribution in [2.24, 2.45) is 5.73 Å². The van der Waals surface area contributed by atoms with Crippen molar-refractivity contribution in [3.8, 4) is 17.3 Å². The van der Waals surface area contributed by atoms with Gasteiger partial charge in [-0.15, -0.1) is 5.10 Å². The van der Waals surface area contributed by atoms with Gasteiger partial charge in [0.05, 0.1) is 11.2 Å². The van der Waals surface area contributed by atoms with Gasteiger partial charge in [0.1, 0.15) is 5.82 Å². The maximum absolute atomic E-state index is 13.7. The standard InChI is InChI=1S/C16H14F4N6O/c17-9-4-3-5-10(8-9)26-12(16(18,19)20)11(23-25-26)13-22-14(24-27-13)15(21)6-1-2-7-15/h3-5,8H,1-2,6-7,21H2. The fourth-order valence-electron chi connectivity index (χ4n) is 3.22. The Labute approximate surface area is 150 Å². The minimum Gasteiger partial charge on any atom is -0.332 e. The molecule has 1 saturated carbocycles. The van der Waals surface area contributed by atoms with Gasteiger partial charge in [-0.05, 0) is 31.0 Å². The molecule has 0 saturated heterocycles. The van der Waals surface area contributed by atoms with E-state index in [4.69, 9.17) is 10.3 Å². The van der Waals surface area contributed by atoms with Crippen molar-refractivity contribution in [3.63, 3.8) is 0 Å². The maximum atomic E-state index is 13.7. The molecular formula is C16H14F4N6O. The predicted octanol–water partition coefficient (Wildman–Crippen LogP) is 3.20. The minimum absolute atomic E-state index is 0.132. The Morgan fingerprint density at radius 1 is 1.19 bits per heavy atom. The Balaban J connectivity index is 1.81. The Bertz CT molecular complexity index is 973. The lowest BCUT2D eigenvalue weighted by Gasteiger charge is -2.17. The first-order chi connectivity index (χ1) is 12.8. The average molecular weight is 382 g/mol. The molecule has 2 heterocycles. The fraction of sp³-hybridized carbons (Fsp3) is 0.375. The smallest absolute Gasteiger partial charge is 0.332 e. The quantitative estimate of drug-likeness (QED) is 0.699. The van der Waals surface area contributed by atoms with Crippen LogP contribution < -0.4 is 5.73 Å². The monoisotopic (exact) mass is 382 g/mol. The van der Waals surface area contributed by atoms with Crippen molar-refractivity contribution in [3.05, 3.63) is 41.6 Å². The zero-order valence-corrected chi connectivity index (χ0v) is 13.9. The highest BCUT2D eigenvalue weighted by Crippen LogP contribution is 2.39. The summed E-state index contributed by atoms with van der Waals surface area (Å²) in [6, 6.07) is 4.58. The molecule has 1 aliphatic carbocycles. The number of rotatable bonds is 3. The molecule has 0 unspecified atom stereocenters. The lowest BCUT2D eigenvalue weighted by Crippen LogP contribution is -2.34. The summed E-state index contributed by atoms with van der Waals surface area (Å²) in [6.45, 7) is 0. The summed E-state index contributed by atoms with van der Waals surface area (Å²) in [5.41, 5.74) is 3.40. The van der Waals surface area contributed by atoms with Crippen LogP contribution in [0.3, 0.4) is 0 Å². The fourth-order valence-corrected chi connectivity index (χ4v) is 3.22. The van der Waals surface area contributed by atoms with E-state index >= 15 is 0 Å². The van der Waals surface area contributed by atoms with Crippen molar-refractivity contribution in [1.29, 1.82) is 0 Å². The highest BCUT2D eigenvalue weighted by molar-refractivity contribution is 5.53. The van der Waals surface area contributed by atoms with E-state index in [1.165, 1.54) is 12.1 Å². The van der Waals surface area contributed by atoms with E-state index in [0.717, 1.165) is 25.0 Å². The topological polar surface area (TPSA) is 95.6 Å². The second-order valence-corrected chi connectivity index (χ2v) is 6.46. The van der Waals surface area contributed by atoms with E-state index in [9.17, 15) is 17.6 Å². The first-order valence-corrected chi connectivity index (χ1v) is 8.20. The summed E-state index contributed by atoms with van der Waals surface area (Å²) in [7, 11) is 0. The molecule has 27 heavy (non-hydrogen) atoms. The maximum Gasteiger partial charge on any atom is 0.435 e. The zero-order chi connectivity index (χ0) is 19.2. The first kappa shape index (κ1) is 17.6. The summed E-state index contributed by atoms with van der Waals surface area (Å²) in [6.07, 6.45) is -1.84. The van der Waals surface area contributed by atoms with Gasteiger partial charge in [0.15, 0.2) is 17.2 Å². The molecule has 0 amide bonds. The summed E-state index contributed by atoms with van der Waals surface area (Å²) < 4.78 is 60.0. The second kappa shape index (κ2) is 6.12. The second-order valence-electron chi connectivity index (χ2n) is 6.46. The van der Waals surface area contributed by atoms with E-state index in [1.807, 2.05) is 0 Å². The van der Waals surface area contributed by atoms with E-state index in [-0.39, 0.29) is 11.5 Å². The molecule has 1 aliphatic rings. The van der Waals surface area contributed by atoms with Gasteiger partial charge < -0.3 is 10.3 Å². The van der Waals surface area contributed by atoms with Crippen LogP contribution >= 0.6 is 0 Å². The number of nitrogens with zero attached hydrogens (tertiary/aromatic N) is 5. The van der Waals surface area contributed by atoms with Gasteiger partial charge in [0, 0.05) is 0 Å². The molecule has 1 aromatic carbocycles. The summed E-state index contributed by atoms with van der Waals surface area (Å²) in [5.74, 6) is -0.996. The van der Waals surface area contributed by atoms with Crippen molar-refractivity contribution in [2.75, 3.05) is 0 Å². The number of benzene rings is 1. The number of hydrogen-bond acceptors (Lipinski definition) is 6. The van der Waals surface area contributed by atoms with Crippen LogP contribution in [0, 0.1) is 5.82 Å².